The first kappa shape index (κ1) is 19.3. The molecule has 0 radical (unpaired) electrons. The highest BCUT2D eigenvalue weighted by atomic mass is 32.2. The Morgan fingerprint density at radius 3 is 2.41 bits per heavy atom. The van der Waals surface area contributed by atoms with Gasteiger partial charge < -0.3 is 10.2 Å². The van der Waals surface area contributed by atoms with E-state index in [2.05, 4.69) is 5.32 Å². The minimum absolute atomic E-state index is 0.0676. The van der Waals surface area contributed by atoms with E-state index < -0.39 is 9.84 Å². The molecule has 1 unspecified atom stereocenters. The average Bonchev–Trinajstić information content (AvgIpc) is 3.02. The molecule has 3 rings (SSSR count). The molecule has 2 aromatic carbocycles. The summed E-state index contributed by atoms with van der Waals surface area (Å²) in [5, 5.41) is 2.81. The molecule has 27 heavy (non-hydrogen) atoms. The number of carbonyl (C=O) groups excluding carboxylic acids is 2. The third-order valence-corrected chi connectivity index (χ3v) is 6.62. The Bertz CT molecular complexity index is 941. The van der Waals surface area contributed by atoms with Gasteiger partial charge in [-0.15, -0.1) is 0 Å². The van der Waals surface area contributed by atoms with Gasteiger partial charge in [-0.3, -0.25) is 9.59 Å². The first-order valence-corrected chi connectivity index (χ1v) is 10.7. The number of rotatable bonds is 6. The Balaban J connectivity index is 1.69. The van der Waals surface area contributed by atoms with Gasteiger partial charge in [-0.1, -0.05) is 42.5 Å². The number of hydrogen-bond donors (Lipinski definition) is 2. The van der Waals surface area contributed by atoms with E-state index in [-0.39, 0.29) is 35.8 Å². The fraction of sp³-hybridized carbons (Fsp3) is 0.300. The lowest BCUT2D eigenvalue weighted by atomic mass is 10.0. The molecule has 7 heteroatoms. The molecule has 0 aliphatic carbocycles. The summed E-state index contributed by atoms with van der Waals surface area (Å²) in [6, 6.07) is 15.7. The van der Waals surface area contributed by atoms with E-state index in [1.807, 2.05) is 13.1 Å². The Kier molecular flexibility index (Phi) is 5.72. The fourth-order valence-electron chi connectivity index (χ4n) is 3.31. The Labute approximate surface area is 159 Å². The third kappa shape index (κ3) is 4.81. The lowest BCUT2D eigenvalue weighted by molar-refractivity contribution is -0.894. The number of likely N-dealkylation sites (N-methyl/N-ethyl adjacent to an activating group) is 1. The zero-order chi connectivity index (χ0) is 19.4. The van der Waals surface area contributed by atoms with Crippen LogP contribution in [0.25, 0.3) is 0 Å². The second-order valence-corrected chi connectivity index (χ2v) is 9.14. The number of para-hydroxylation sites is 1. The smallest absolute Gasteiger partial charge is 0.279 e. The van der Waals surface area contributed by atoms with Gasteiger partial charge in [0.2, 0.25) is 0 Å². The summed E-state index contributed by atoms with van der Waals surface area (Å²) >= 11 is 0. The summed E-state index contributed by atoms with van der Waals surface area (Å²) in [6.45, 7) is 0.147. The van der Waals surface area contributed by atoms with Crippen molar-refractivity contribution in [3.05, 3.63) is 65.7 Å². The Morgan fingerprint density at radius 2 is 1.74 bits per heavy atom. The molecule has 1 amide bonds. The second kappa shape index (κ2) is 8.02. The van der Waals surface area contributed by atoms with Gasteiger partial charge in [-0.05, 0) is 12.1 Å². The minimum atomic E-state index is -2.98. The number of amides is 1. The van der Waals surface area contributed by atoms with Gasteiger partial charge in [0.15, 0.2) is 22.2 Å². The Hall–Kier alpha value is -2.51. The van der Waals surface area contributed by atoms with E-state index in [9.17, 15) is 18.0 Å². The van der Waals surface area contributed by atoms with Crippen molar-refractivity contribution in [2.45, 2.75) is 12.5 Å². The van der Waals surface area contributed by atoms with Crippen molar-refractivity contribution in [3.63, 3.8) is 0 Å². The molecule has 0 aromatic heterocycles. The number of nitrogens with one attached hydrogen (secondary N) is 2. The monoisotopic (exact) mass is 387 g/mol. The van der Waals surface area contributed by atoms with Crippen molar-refractivity contribution in [3.8, 4) is 0 Å². The van der Waals surface area contributed by atoms with Crippen LogP contribution in [-0.2, 0) is 14.6 Å². The molecule has 6 nitrogen and oxygen atoms in total. The van der Waals surface area contributed by atoms with E-state index in [0.717, 1.165) is 4.90 Å². The molecule has 2 N–H and O–H groups in total. The summed E-state index contributed by atoms with van der Waals surface area (Å²) < 4.78 is 23.3. The number of benzene rings is 2. The predicted molar refractivity (Wildman–Crippen MR) is 104 cm³/mol. The van der Waals surface area contributed by atoms with Crippen LogP contribution < -0.4 is 10.2 Å². The predicted octanol–water partition coefficient (Wildman–Crippen LogP) is 0.558. The maximum atomic E-state index is 12.7. The zero-order valence-electron chi connectivity index (χ0n) is 15.1. The highest BCUT2D eigenvalue weighted by Crippen LogP contribution is 2.19. The molecule has 0 spiro atoms. The quantitative estimate of drug-likeness (QED) is 0.710. The largest absolute Gasteiger partial charge is 0.326 e. The topological polar surface area (TPSA) is 84.8 Å². The maximum absolute atomic E-state index is 12.7. The number of sulfone groups is 1. The second-order valence-electron chi connectivity index (χ2n) is 6.91. The summed E-state index contributed by atoms with van der Waals surface area (Å²) in [6.07, 6.45) is 0.574. The number of quaternary nitrogens is 1. The number of anilines is 1. The first-order valence-electron chi connectivity index (χ1n) is 8.87. The summed E-state index contributed by atoms with van der Waals surface area (Å²) in [4.78, 5) is 26.0. The van der Waals surface area contributed by atoms with E-state index in [1.165, 1.54) is 0 Å². The SMILES string of the molecule is C[NH+](CC(=O)Nc1ccccc1C(=O)c1ccccc1)[C@@H]1CCS(=O)(=O)C1. The summed E-state index contributed by atoms with van der Waals surface area (Å²) in [5.41, 5.74) is 1.44. The van der Waals surface area contributed by atoms with Crippen molar-refractivity contribution < 1.29 is 22.9 Å². The van der Waals surface area contributed by atoms with Gasteiger partial charge in [-0.25, -0.2) is 8.42 Å². The molecular formula is C20H23N2O4S+. The van der Waals surface area contributed by atoms with Crippen molar-refractivity contribution in [2.75, 3.05) is 30.4 Å². The van der Waals surface area contributed by atoms with Crippen molar-refractivity contribution >= 4 is 27.2 Å². The van der Waals surface area contributed by atoms with Crippen molar-refractivity contribution in [1.82, 2.24) is 0 Å². The van der Waals surface area contributed by atoms with Gasteiger partial charge in [0, 0.05) is 17.5 Å². The van der Waals surface area contributed by atoms with Gasteiger partial charge in [-0.2, -0.15) is 0 Å². The van der Waals surface area contributed by atoms with Gasteiger partial charge in [0.1, 0.15) is 11.8 Å². The van der Waals surface area contributed by atoms with Crippen LogP contribution in [0.3, 0.4) is 0 Å². The lowest BCUT2D eigenvalue weighted by Crippen LogP contribution is -3.14. The minimum Gasteiger partial charge on any atom is -0.326 e. The van der Waals surface area contributed by atoms with E-state index in [4.69, 9.17) is 0 Å². The van der Waals surface area contributed by atoms with E-state index in [0.29, 0.717) is 23.2 Å². The van der Waals surface area contributed by atoms with Gasteiger partial charge in [0.25, 0.3) is 5.91 Å². The average molecular weight is 387 g/mol. The highest BCUT2D eigenvalue weighted by molar-refractivity contribution is 7.91. The molecular weight excluding hydrogens is 364 g/mol. The van der Waals surface area contributed by atoms with Crippen LogP contribution >= 0.6 is 0 Å². The fourth-order valence-corrected chi connectivity index (χ4v) is 5.19. The molecule has 1 saturated heterocycles. The van der Waals surface area contributed by atoms with E-state index >= 15 is 0 Å². The maximum Gasteiger partial charge on any atom is 0.279 e. The number of hydrogen-bond acceptors (Lipinski definition) is 4. The van der Waals surface area contributed by atoms with Gasteiger partial charge in [0.05, 0.1) is 18.5 Å². The van der Waals surface area contributed by atoms with Crippen molar-refractivity contribution in [2.24, 2.45) is 0 Å². The van der Waals surface area contributed by atoms with Crippen LogP contribution in [0.15, 0.2) is 54.6 Å². The lowest BCUT2D eigenvalue weighted by Gasteiger charge is -2.19. The molecule has 1 aliphatic rings. The number of ketones is 1. The number of carbonyl (C=O) groups is 2. The molecule has 1 heterocycles. The molecule has 0 saturated carbocycles. The molecule has 0 bridgehead atoms. The van der Waals surface area contributed by atoms with Crippen LogP contribution in [0.5, 0.6) is 0 Å². The third-order valence-electron chi connectivity index (χ3n) is 4.85. The summed E-state index contributed by atoms with van der Waals surface area (Å²) in [7, 11) is -1.16. The summed E-state index contributed by atoms with van der Waals surface area (Å²) in [5.74, 6) is -0.0977. The molecule has 1 aliphatic heterocycles. The molecule has 2 atom stereocenters. The molecule has 2 aromatic rings. The highest BCUT2D eigenvalue weighted by Gasteiger charge is 2.34. The molecule has 142 valence electrons. The van der Waals surface area contributed by atoms with Crippen LogP contribution in [0.2, 0.25) is 0 Å². The van der Waals surface area contributed by atoms with Crippen molar-refractivity contribution in [1.29, 1.82) is 0 Å². The van der Waals surface area contributed by atoms with Crippen LogP contribution in [0.1, 0.15) is 22.3 Å². The van der Waals surface area contributed by atoms with Crippen LogP contribution in [0.4, 0.5) is 5.69 Å². The first-order chi connectivity index (χ1) is 12.9. The van der Waals surface area contributed by atoms with E-state index in [1.54, 1.807) is 48.5 Å². The zero-order valence-corrected chi connectivity index (χ0v) is 16.0. The Morgan fingerprint density at radius 1 is 1.07 bits per heavy atom. The van der Waals surface area contributed by atoms with Crippen LogP contribution in [-0.4, -0.2) is 51.2 Å². The standard InChI is InChI=1S/C20H22N2O4S/c1-22(16-11-12-27(25,26)14-16)13-19(23)21-18-10-6-5-9-17(18)20(24)15-7-3-2-4-8-15/h2-10,16H,11-14H2,1H3,(H,21,23)/p+1/t16-/m1/s1. The normalized spacial score (nSPS) is 19.4. The van der Waals surface area contributed by atoms with Gasteiger partial charge >= 0.3 is 0 Å². The molecule has 1 fully saturated rings. The van der Waals surface area contributed by atoms with Crippen LogP contribution in [0, 0.1) is 0 Å².